The van der Waals surface area contributed by atoms with Crippen LogP contribution in [0.5, 0.6) is 0 Å². The maximum Gasteiger partial charge on any atom is 0.295 e. The molecule has 1 atom stereocenters. The van der Waals surface area contributed by atoms with Crippen molar-refractivity contribution in [2.45, 2.75) is 19.8 Å². The van der Waals surface area contributed by atoms with Gasteiger partial charge in [-0.05, 0) is 31.9 Å². The van der Waals surface area contributed by atoms with Crippen molar-refractivity contribution in [2.24, 2.45) is 13.0 Å². The minimum atomic E-state index is -0.247. The number of nitrogens with zero attached hydrogens (tertiary/aromatic N) is 5. The third-order valence-corrected chi connectivity index (χ3v) is 6.64. The molecular weight excluding hydrogens is 440 g/mol. The first-order valence-electron chi connectivity index (χ1n) is 11.8. The molecule has 1 saturated heterocycles. The Morgan fingerprint density at radius 2 is 1.74 bits per heavy atom. The molecule has 35 heavy (non-hydrogen) atoms. The molecule has 5 rings (SSSR count). The first-order chi connectivity index (χ1) is 17.0. The van der Waals surface area contributed by atoms with Crippen LogP contribution in [-0.2, 0) is 11.8 Å². The van der Waals surface area contributed by atoms with E-state index in [1.54, 1.807) is 15.7 Å². The van der Waals surface area contributed by atoms with Gasteiger partial charge in [-0.25, -0.2) is 14.6 Å². The number of piperidine rings is 1. The predicted molar refractivity (Wildman–Crippen MR) is 137 cm³/mol. The number of benzene rings is 2. The Morgan fingerprint density at radius 3 is 2.49 bits per heavy atom. The lowest BCUT2D eigenvalue weighted by atomic mass is 9.97. The van der Waals surface area contributed by atoms with Crippen LogP contribution >= 0.6 is 0 Å². The second-order valence-corrected chi connectivity index (χ2v) is 8.84. The summed E-state index contributed by atoms with van der Waals surface area (Å²) in [5, 5.41) is 2.94. The van der Waals surface area contributed by atoms with Gasteiger partial charge in [0.25, 0.3) is 5.56 Å². The van der Waals surface area contributed by atoms with Gasteiger partial charge in [-0.3, -0.25) is 14.3 Å². The SMILES string of the molecule is Cc1c(NC(=O)C2CCCN(c3cc(-c4ccccc4)ncn3)C2)c(=O)n(-c2ccccc2)n1C. The number of carbonyl (C=O) groups is 1. The van der Waals surface area contributed by atoms with Crippen LogP contribution in [0.4, 0.5) is 11.5 Å². The highest BCUT2D eigenvalue weighted by molar-refractivity contribution is 5.93. The van der Waals surface area contributed by atoms with Gasteiger partial charge in [0, 0.05) is 31.8 Å². The van der Waals surface area contributed by atoms with Crippen LogP contribution in [0, 0.1) is 12.8 Å². The van der Waals surface area contributed by atoms with Crippen molar-refractivity contribution in [1.29, 1.82) is 0 Å². The molecule has 1 aliphatic rings. The number of rotatable bonds is 5. The van der Waals surface area contributed by atoms with Crippen LogP contribution in [0.1, 0.15) is 18.5 Å². The molecule has 0 spiro atoms. The summed E-state index contributed by atoms with van der Waals surface area (Å²) >= 11 is 0. The Labute approximate surface area is 203 Å². The van der Waals surface area contributed by atoms with Gasteiger partial charge >= 0.3 is 0 Å². The second kappa shape index (κ2) is 9.58. The molecule has 178 valence electrons. The molecule has 0 saturated carbocycles. The van der Waals surface area contributed by atoms with Crippen LogP contribution in [-0.4, -0.2) is 38.3 Å². The monoisotopic (exact) mass is 468 g/mol. The Hall–Kier alpha value is -4.20. The molecule has 3 heterocycles. The molecule has 0 aliphatic carbocycles. The minimum absolute atomic E-state index is 0.141. The standard InChI is InChI=1S/C27H28N6O2/c1-19-25(27(35)33(31(19)2)22-13-7-4-8-14-22)30-26(34)21-12-9-15-32(17-21)24-16-23(28-18-29-24)20-10-5-3-6-11-20/h3-8,10-11,13-14,16,18,21H,9,12,15,17H2,1-2H3,(H,30,34). The highest BCUT2D eigenvalue weighted by Crippen LogP contribution is 2.26. The Morgan fingerprint density at radius 1 is 1.03 bits per heavy atom. The van der Waals surface area contributed by atoms with Crippen LogP contribution in [0.3, 0.4) is 0 Å². The number of amides is 1. The Bertz CT molecular complexity index is 1390. The van der Waals surface area contributed by atoms with Crippen molar-refractivity contribution in [1.82, 2.24) is 19.3 Å². The third kappa shape index (κ3) is 4.47. The molecular formula is C27H28N6O2. The smallest absolute Gasteiger partial charge is 0.295 e. The maximum atomic E-state index is 13.3. The first kappa shape index (κ1) is 22.6. The zero-order valence-corrected chi connectivity index (χ0v) is 19.9. The van der Waals surface area contributed by atoms with Gasteiger partial charge in [0.05, 0.1) is 23.0 Å². The topological polar surface area (TPSA) is 85.1 Å². The molecule has 1 unspecified atom stereocenters. The van der Waals surface area contributed by atoms with Gasteiger partial charge in [0.2, 0.25) is 5.91 Å². The average molecular weight is 469 g/mol. The van der Waals surface area contributed by atoms with Crippen LogP contribution in [0.15, 0.2) is 77.9 Å². The van der Waals surface area contributed by atoms with Crippen molar-refractivity contribution in [2.75, 3.05) is 23.3 Å². The van der Waals surface area contributed by atoms with E-state index in [0.29, 0.717) is 17.9 Å². The summed E-state index contributed by atoms with van der Waals surface area (Å²) in [6.45, 7) is 3.20. The third-order valence-electron chi connectivity index (χ3n) is 6.64. The molecule has 1 N–H and O–H groups in total. The number of hydrogen-bond acceptors (Lipinski definition) is 5. The molecule has 2 aromatic heterocycles. The van der Waals surface area contributed by atoms with E-state index in [9.17, 15) is 9.59 Å². The van der Waals surface area contributed by atoms with Gasteiger partial charge in [-0.2, -0.15) is 0 Å². The molecule has 4 aromatic rings. The summed E-state index contributed by atoms with van der Waals surface area (Å²) in [5.41, 5.74) is 3.43. The van der Waals surface area contributed by atoms with E-state index in [0.717, 1.165) is 42.1 Å². The Kier molecular flexibility index (Phi) is 6.18. The lowest BCUT2D eigenvalue weighted by molar-refractivity contribution is -0.120. The summed E-state index contributed by atoms with van der Waals surface area (Å²) < 4.78 is 3.34. The number of aromatic nitrogens is 4. The van der Waals surface area contributed by atoms with E-state index in [1.165, 1.54) is 0 Å². The first-order valence-corrected chi connectivity index (χ1v) is 11.8. The second-order valence-electron chi connectivity index (χ2n) is 8.84. The fourth-order valence-electron chi connectivity index (χ4n) is 4.62. The number of nitrogens with one attached hydrogen (secondary N) is 1. The lowest BCUT2D eigenvalue weighted by Crippen LogP contribution is -2.41. The van der Waals surface area contributed by atoms with Gasteiger partial charge in [0.1, 0.15) is 17.8 Å². The van der Waals surface area contributed by atoms with E-state index < -0.39 is 0 Å². The van der Waals surface area contributed by atoms with Crippen molar-refractivity contribution in [3.8, 4) is 16.9 Å². The van der Waals surface area contributed by atoms with Crippen LogP contribution in [0.2, 0.25) is 0 Å². The summed E-state index contributed by atoms with van der Waals surface area (Å²) in [5.74, 6) is 0.416. The van der Waals surface area contributed by atoms with E-state index in [1.807, 2.05) is 80.7 Å². The Balaban J connectivity index is 1.34. The van der Waals surface area contributed by atoms with Crippen molar-refractivity contribution >= 4 is 17.4 Å². The zero-order chi connectivity index (χ0) is 24.4. The van der Waals surface area contributed by atoms with E-state index in [-0.39, 0.29) is 17.4 Å². The van der Waals surface area contributed by atoms with Crippen molar-refractivity contribution < 1.29 is 4.79 Å². The number of anilines is 2. The van der Waals surface area contributed by atoms with E-state index in [2.05, 4.69) is 20.2 Å². The minimum Gasteiger partial charge on any atom is -0.356 e. The van der Waals surface area contributed by atoms with Gasteiger partial charge < -0.3 is 10.2 Å². The van der Waals surface area contributed by atoms with Crippen LogP contribution < -0.4 is 15.8 Å². The molecule has 1 amide bonds. The highest BCUT2D eigenvalue weighted by atomic mass is 16.2. The molecule has 1 fully saturated rings. The number of para-hydroxylation sites is 1. The summed E-state index contributed by atoms with van der Waals surface area (Å²) in [4.78, 5) is 37.5. The van der Waals surface area contributed by atoms with Gasteiger partial charge in [-0.1, -0.05) is 48.5 Å². The molecule has 0 radical (unpaired) electrons. The van der Waals surface area contributed by atoms with Crippen molar-refractivity contribution in [3.63, 3.8) is 0 Å². The average Bonchev–Trinajstić information content (AvgIpc) is 3.12. The number of hydrogen-bond donors (Lipinski definition) is 1. The normalized spacial score (nSPS) is 15.7. The largest absolute Gasteiger partial charge is 0.356 e. The number of carbonyl (C=O) groups excluding carboxylic acids is 1. The lowest BCUT2D eigenvalue weighted by Gasteiger charge is -2.32. The van der Waals surface area contributed by atoms with Crippen molar-refractivity contribution in [3.05, 3.63) is 89.1 Å². The predicted octanol–water partition coefficient (Wildman–Crippen LogP) is 3.80. The highest BCUT2D eigenvalue weighted by Gasteiger charge is 2.28. The quantitative estimate of drug-likeness (QED) is 0.482. The zero-order valence-electron chi connectivity index (χ0n) is 19.9. The fourth-order valence-corrected chi connectivity index (χ4v) is 4.62. The molecule has 8 heteroatoms. The molecule has 2 aromatic carbocycles. The fraction of sp³-hybridized carbons (Fsp3) is 0.259. The van der Waals surface area contributed by atoms with Gasteiger partial charge in [-0.15, -0.1) is 0 Å². The summed E-state index contributed by atoms with van der Waals surface area (Å²) in [6, 6.07) is 21.4. The van der Waals surface area contributed by atoms with E-state index >= 15 is 0 Å². The van der Waals surface area contributed by atoms with Crippen LogP contribution in [0.25, 0.3) is 16.9 Å². The molecule has 8 nitrogen and oxygen atoms in total. The molecule has 1 aliphatic heterocycles. The van der Waals surface area contributed by atoms with E-state index in [4.69, 9.17) is 0 Å². The maximum absolute atomic E-state index is 13.3. The summed E-state index contributed by atoms with van der Waals surface area (Å²) in [6.07, 6.45) is 3.20. The van der Waals surface area contributed by atoms with Gasteiger partial charge in [0.15, 0.2) is 0 Å². The summed E-state index contributed by atoms with van der Waals surface area (Å²) in [7, 11) is 1.82. The molecule has 0 bridgehead atoms.